The molecular formula is C27H31N2O7P. The molecule has 1 aliphatic rings. The van der Waals surface area contributed by atoms with Crippen LogP contribution in [0.3, 0.4) is 0 Å². The molecule has 0 bridgehead atoms. The van der Waals surface area contributed by atoms with Crippen molar-refractivity contribution >= 4 is 19.8 Å². The van der Waals surface area contributed by atoms with Gasteiger partial charge in [-0.3, -0.25) is 0 Å². The maximum atomic E-state index is 12.9. The van der Waals surface area contributed by atoms with Crippen LogP contribution in [-0.4, -0.2) is 27.9 Å². The van der Waals surface area contributed by atoms with Crippen molar-refractivity contribution in [2.75, 3.05) is 0 Å². The van der Waals surface area contributed by atoms with Crippen LogP contribution >= 0.6 is 8.09 Å². The van der Waals surface area contributed by atoms with E-state index in [1.165, 1.54) is 29.8 Å². The van der Waals surface area contributed by atoms with Crippen molar-refractivity contribution in [3.63, 3.8) is 0 Å². The number of esters is 1. The molecule has 4 rings (SSSR count). The Morgan fingerprint density at radius 2 is 1.46 bits per heavy atom. The van der Waals surface area contributed by atoms with E-state index in [-0.39, 0.29) is 17.5 Å². The van der Waals surface area contributed by atoms with Gasteiger partial charge in [0, 0.05) is 0 Å². The van der Waals surface area contributed by atoms with Crippen LogP contribution in [0.1, 0.15) is 44.1 Å². The number of nitro groups is 1. The minimum atomic E-state index is -4.24. The number of benzene rings is 3. The van der Waals surface area contributed by atoms with Crippen LogP contribution in [-0.2, 0) is 9.53 Å². The number of nitro benzene ring substituents is 1. The zero-order valence-corrected chi connectivity index (χ0v) is 21.5. The van der Waals surface area contributed by atoms with Gasteiger partial charge < -0.3 is 0 Å². The van der Waals surface area contributed by atoms with E-state index < -0.39 is 25.0 Å². The fourth-order valence-corrected chi connectivity index (χ4v) is 6.10. The van der Waals surface area contributed by atoms with Gasteiger partial charge in [0.05, 0.1) is 0 Å². The second-order valence-electron chi connectivity index (χ2n) is 9.04. The van der Waals surface area contributed by atoms with Gasteiger partial charge in [0.1, 0.15) is 0 Å². The number of para-hydroxylation sites is 1. The second kappa shape index (κ2) is 12.1. The zero-order valence-electron chi connectivity index (χ0n) is 20.5. The molecule has 0 unspecified atom stereocenters. The Hall–Kier alpha value is -3.52. The molecule has 1 atom stereocenters. The summed E-state index contributed by atoms with van der Waals surface area (Å²) in [4.78, 5) is 34.6. The Morgan fingerprint density at radius 3 is 2.03 bits per heavy atom. The number of hydrogen-bond acceptors (Lipinski definition) is 8. The summed E-state index contributed by atoms with van der Waals surface area (Å²) in [5, 5.41) is 13.7. The van der Waals surface area contributed by atoms with Crippen molar-refractivity contribution in [1.29, 1.82) is 0 Å². The van der Waals surface area contributed by atoms with Crippen LogP contribution in [0.5, 0.6) is 11.5 Å². The molecule has 1 fully saturated rings. The predicted octanol–water partition coefficient (Wildman–Crippen LogP) is 5.70. The first-order valence-electron chi connectivity index (χ1n) is 12.2. The van der Waals surface area contributed by atoms with Crippen molar-refractivity contribution in [3.8, 4) is 11.5 Å². The first-order chi connectivity index (χ1) is 17.8. The average molecular weight is 527 g/mol. The third-order valence-electron chi connectivity index (χ3n) is 6.28. The van der Waals surface area contributed by atoms with Crippen molar-refractivity contribution in [3.05, 3.63) is 101 Å². The Kier molecular flexibility index (Phi) is 8.71. The molecule has 0 heterocycles. The van der Waals surface area contributed by atoms with E-state index in [9.17, 15) is 19.8 Å². The molecule has 37 heavy (non-hydrogen) atoms. The summed E-state index contributed by atoms with van der Waals surface area (Å²) in [7, 11) is -4.24. The molecule has 0 aliphatic heterocycles. The number of rotatable bonds is 10. The summed E-state index contributed by atoms with van der Waals surface area (Å²) in [5.41, 5.74) is 1.19. The Bertz CT molecular complexity index is 1170. The van der Waals surface area contributed by atoms with E-state index in [2.05, 4.69) is 17.2 Å². The Labute approximate surface area is 216 Å². The summed E-state index contributed by atoms with van der Waals surface area (Å²) < 4.78 is 17.3. The fraction of sp³-hybridized carbons (Fsp3) is 0.296. The van der Waals surface area contributed by atoms with Gasteiger partial charge in [-0.2, -0.15) is 0 Å². The molecule has 0 aromatic heterocycles. The SMILES string of the molecule is C[C@H](N[PH](O)(Oc1ccccc1)Oc1ccc([N+](=O)[O-])cc1)C(=O)O[C@H]1CC[C@H](c2ccccc2)CC1. The normalized spacial score (nSPS) is 18.9. The first kappa shape index (κ1) is 26.5. The standard InChI is InChI=1S/C27H31N2O7P/c1-20(27(30)34-24-16-12-22(13-17-24)21-8-4-2-5-9-21)28-37(33,35-25-10-6-3-7-11-25)36-26-18-14-23(15-19-26)29(31)32/h2-11,14-15,18-20,22,24,28,33,37H,12-13,16-17H2,1H3/t20-,22-,24-/m0/s1. The van der Waals surface area contributed by atoms with Crippen LogP contribution in [0.25, 0.3) is 0 Å². The summed E-state index contributed by atoms with van der Waals surface area (Å²) in [6, 6.07) is 23.2. The number of non-ortho nitro benzene ring substituents is 1. The zero-order chi connectivity index (χ0) is 26.3. The number of ether oxygens (including phenoxy) is 1. The molecular weight excluding hydrogens is 495 g/mol. The number of hydrogen-bond donors (Lipinski definition) is 2. The van der Waals surface area contributed by atoms with Crippen molar-refractivity contribution < 1.29 is 28.4 Å². The van der Waals surface area contributed by atoms with Gasteiger partial charge in [-0.15, -0.1) is 0 Å². The van der Waals surface area contributed by atoms with Crippen molar-refractivity contribution in [2.45, 2.75) is 50.7 Å². The molecule has 10 heteroatoms. The average Bonchev–Trinajstić information content (AvgIpc) is 2.90. The molecule has 3 aromatic carbocycles. The molecule has 0 radical (unpaired) electrons. The fourth-order valence-electron chi connectivity index (χ4n) is 4.36. The molecule has 196 valence electrons. The van der Waals surface area contributed by atoms with Gasteiger partial charge in [0.15, 0.2) is 0 Å². The van der Waals surface area contributed by atoms with Crippen LogP contribution < -0.4 is 14.1 Å². The van der Waals surface area contributed by atoms with Gasteiger partial charge in [-0.05, 0) is 0 Å². The Morgan fingerprint density at radius 1 is 0.919 bits per heavy atom. The number of carbonyl (C=O) groups is 1. The van der Waals surface area contributed by atoms with Gasteiger partial charge in [0.25, 0.3) is 0 Å². The number of nitrogens with one attached hydrogen (secondary N) is 1. The molecule has 9 nitrogen and oxygen atoms in total. The third-order valence-corrected chi connectivity index (χ3v) is 8.11. The number of nitrogens with zero attached hydrogens (tertiary/aromatic N) is 1. The quantitative estimate of drug-likeness (QED) is 0.149. The van der Waals surface area contributed by atoms with Gasteiger partial charge in [-0.1, -0.05) is 0 Å². The molecule has 0 spiro atoms. The molecule has 0 amide bonds. The van der Waals surface area contributed by atoms with E-state index in [1.807, 2.05) is 18.2 Å². The second-order valence-corrected chi connectivity index (χ2v) is 10.9. The summed E-state index contributed by atoms with van der Waals surface area (Å²) in [6.45, 7) is 1.57. The summed E-state index contributed by atoms with van der Waals surface area (Å²) >= 11 is 0. The van der Waals surface area contributed by atoms with Crippen LogP contribution in [0.15, 0.2) is 84.9 Å². The number of carbonyl (C=O) groups excluding carboxylic acids is 1. The van der Waals surface area contributed by atoms with E-state index in [4.69, 9.17) is 13.8 Å². The van der Waals surface area contributed by atoms with E-state index in [0.29, 0.717) is 11.7 Å². The van der Waals surface area contributed by atoms with Crippen molar-refractivity contribution in [2.24, 2.45) is 0 Å². The van der Waals surface area contributed by atoms with Gasteiger partial charge in [0.2, 0.25) is 0 Å². The van der Waals surface area contributed by atoms with Crippen molar-refractivity contribution in [1.82, 2.24) is 5.09 Å². The van der Waals surface area contributed by atoms with E-state index in [0.717, 1.165) is 25.7 Å². The monoisotopic (exact) mass is 526 g/mol. The van der Waals surface area contributed by atoms with Gasteiger partial charge >= 0.3 is 216 Å². The minimum absolute atomic E-state index is 0.117. The molecule has 1 saturated carbocycles. The maximum absolute atomic E-state index is 12.9. The van der Waals surface area contributed by atoms with Crippen LogP contribution in [0, 0.1) is 10.1 Å². The van der Waals surface area contributed by atoms with E-state index in [1.54, 1.807) is 37.3 Å². The Balaban J connectivity index is 1.38. The summed E-state index contributed by atoms with van der Waals surface area (Å²) in [5.74, 6) is 0.436. The predicted molar refractivity (Wildman–Crippen MR) is 141 cm³/mol. The van der Waals surface area contributed by atoms with Crippen LogP contribution in [0.4, 0.5) is 5.69 Å². The van der Waals surface area contributed by atoms with Gasteiger partial charge in [-0.25, -0.2) is 0 Å². The first-order valence-corrected chi connectivity index (χ1v) is 14.0. The molecule has 3 aromatic rings. The topological polar surface area (TPSA) is 120 Å². The summed E-state index contributed by atoms with van der Waals surface area (Å²) in [6.07, 6.45) is 3.20. The molecule has 0 saturated heterocycles. The van der Waals surface area contributed by atoms with Crippen LogP contribution in [0.2, 0.25) is 0 Å². The third kappa shape index (κ3) is 7.49. The molecule has 2 N–H and O–H groups in total. The molecule has 1 aliphatic carbocycles. The van der Waals surface area contributed by atoms with E-state index >= 15 is 0 Å².